The van der Waals surface area contributed by atoms with E-state index in [2.05, 4.69) is 20.1 Å². The Morgan fingerprint density at radius 1 is 1.17 bits per heavy atom. The van der Waals surface area contributed by atoms with Crippen LogP contribution in [0.4, 0.5) is 14.7 Å². The fraction of sp³-hybridized carbons (Fsp3) is 0.348. The van der Waals surface area contributed by atoms with Crippen molar-refractivity contribution in [3.63, 3.8) is 0 Å². The summed E-state index contributed by atoms with van der Waals surface area (Å²) in [5.41, 5.74) is 6.26. The molecule has 0 saturated carbocycles. The smallest absolute Gasteiger partial charge is 0.276 e. The minimum Gasteiger partial charge on any atom is -0.493 e. The molecule has 1 aliphatic heterocycles. The van der Waals surface area contributed by atoms with Gasteiger partial charge in [-0.25, -0.2) is 23.7 Å². The highest BCUT2D eigenvalue weighted by atomic mass is 19.1. The van der Waals surface area contributed by atoms with E-state index in [1.165, 1.54) is 24.9 Å². The SMILES string of the molecule is COc1ccnc(C(=O)N2C[C@H](c3nc4c5cc(F)cc(F)c5nc(N)n4n3)CC[C@@H]2C)c1OC. The number of piperidine rings is 1. The number of nitrogen functional groups attached to an aromatic ring is 1. The molecule has 0 aliphatic carbocycles. The lowest BCUT2D eigenvalue weighted by molar-refractivity contribution is 0.0595. The van der Waals surface area contributed by atoms with Gasteiger partial charge in [-0.2, -0.15) is 4.52 Å². The zero-order valence-electron chi connectivity index (χ0n) is 19.3. The van der Waals surface area contributed by atoms with Gasteiger partial charge < -0.3 is 20.1 Å². The second kappa shape index (κ2) is 8.60. The first-order valence-electron chi connectivity index (χ1n) is 11.0. The number of ether oxygens (including phenoxy) is 2. The minimum absolute atomic E-state index is 0.0655. The van der Waals surface area contributed by atoms with Gasteiger partial charge in [0, 0.05) is 36.8 Å². The summed E-state index contributed by atoms with van der Waals surface area (Å²) in [6, 6.07) is 3.45. The Kier molecular flexibility index (Phi) is 5.58. The maximum atomic E-state index is 14.3. The van der Waals surface area contributed by atoms with Gasteiger partial charge in [0.2, 0.25) is 5.95 Å². The Labute approximate surface area is 198 Å². The summed E-state index contributed by atoms with van der Waals surface area (Å²) in [6.45, 7) is 2.27. The predicted molar refractivity (Wildman–Crippen MR) is 122 cm³/mol. The van der Waals surface area contributed by atoms with Crippen LogP contribution in [0.3, 0.4) is 0 Å². The number of hydrogen-bond donors (Lipinski definition) is 1. The standard InChI is InChI=1S/C23H23F2N7O3/c1-11-4-5-12(10-31(11)22(33)18-19(35-3)16(34-2)6-7-27-18)20-29-21-14-8-13(24)9-15(25)17(14)28-23(26)32(21)30-20/h6-9,11-12H,4-5,10H2,1-3H3,(H2,26,28)/t11-,12+/m0/s1. The molecular weight excluding hydrogens is 460 g/mol. The Bertz CT molecular complexity index is 1460. The summed E-state index contributed by atoms with van der Waals surface area (Å²) in [7, 11) is 2.94. The summed E-state index contributed by atoms with van der Waals surface area (Å²) >= 11 is 0. The van der Waals surface area contributed by atoms with E-state index in [9.17, 15) is 13.6 Å². The van der Waals surface area contributed by atoms with Gasteiger partial charge in [-0.15, -0.1) is 5.10 Å². The van der Waals surface area contributed by atoms with Crippen molar-refractivity contribution in [2.75, 3.05) is 26.5 Å². The molecule has 1 aliphatic rings. The lowest BCUT2D eigenvalue weighted by atomic mass is 9.92. The molecule has 0 spiro atoms. The van der Waals surface area contributed by atoms with Gasteiger partial charge in [0.25, 0.3) is 5.91 Å². The number of benzene rings is 1. The molecule has 1 fully saturated rings. The van der Waals surface area contributed by atoms with Gasteiger partial charge in [-0.1, -0.05) is 0 Å². The van der Waals surface area contributed by atoms with Crippen LogP contribution in [0.25, 0.3) is 16.6 Å². The van der Waals surface area contributed by atoms with Crippen LogP contribution in [0.2, 0.25) is 0 Å². The molecule has 0 radical (unpaired) electrons. The molecule has 1 saturated heterocycles. The van der Waals surface area contributed by atoms with Crippen LogP contribution in [0, 0.1) is 11.6 Å². The van der Waals surface area contributed by atoms with Crippen molar-refractivity contribution in [1.82, 2.24) is 29.5 Å². The molecule has 1 amide bonds. The predicted octanol–water partition coefficient (Wildman–Crippen LogP) is 2.96. The number of halogens is 2. The molecule has 0 unspecified atom stereocenters. The number of fused-ring (bicyclic) bond motifs is 3. The summed E-state index contributed by atoms with van der Waals surface area (Å²) in [5, 5.41) is 4.64. The van der Waals surface area contributed by atoms with Crippen molar-refractivity contribution >= 4 is 28.4 Å². The molecule has 2 atom stereocenters. The molecule has 182 valence electrons. The van der Waals surface area contributed by atoms with Crippen LogP contribution in [0.5, 0.6) is 11.5 Å². The lowest BCUT2D eigenvalue weighted by Crippen LogP contribution is -2.45. The molecule has 1 aromatic carbocycles. The van der Waals surface area contributed by atoms with Crippen LogP contribution in [0.1, 0.15) is 42.0 Å². The van der Waals surface area contributed by atoms with E-state index >= 15 is 0 Å². The topological polar surface area (TPSA) is 121 Å². The molecule has 3 aromatic heterocycles. The number of aromatic nitrogens is 5. The molecule has 4 heterocycles. The van der Waals surface area contributed by atoms with Crippen molar-refractivity contribution in [2.45, 2.75) is 31.7 Å². The van der Waals surface area contributed by atoms with E-state index in [0.29, 0.717) is 31.0 Å². The quantitative estimate of drug-likeness (QED) is 0.470. The third kappa shape index (κ3) is 3.74. The Hall–Kier alpha value is -4.09. The molecular formula is C23H23F2N7O3. The highest BCUT2D eigenvalue weighted by molar-refractivity contribution is 5.96. The van der Waals surface area contributed by atoms with E-state index < -0.39 is 11.6 Å². The number of rotatable bonds is 4. The van der Waals surface area contributed by atoms with Crippen molar-refractivity contribution in [2.24, 2.45) is 0 Å². The zero-order valence-corrected chi connectivity index (χ0v) is 19.3. The number of carbonyl (C=O) groups excluding carboxylic acids is 1. The van der Waals surface area contributed by atoms with Crippen LogP contribution >= 0.6 is 0 Å². The highest BCUT2D eigenvalue weighted by Gasteiger charge is 2.35. The van der Waals surface area contributed by atoms with E-state index in [0.717, 1.165) is 12.1 Å². The van der Waals surface area contributed by atoms with Crippen molar-refractivity contribution in [1.29, 1.82) is 0 Å². The third-order valence-corrected chi connectivity index (χ3v) is 6.34. The van der Waals surface area contributed by atoms with Crippen LogP contribution in [-0.2, 0) is 0 Å². The fourth-order valence-electron chi connectivity index (χ4n) is 4.52. The number of pyridine rings is 1. The molecule has 0 bridgehead atoms. The average Bonchev–Trinajstić information content (AvgIpc) is 3.31. The summed E-state index contributed by atoms with van der Waals surface area (Å²) < 4.78 is 40.2. The van der Waals surface area contributed by atoms with Gasteiger partial charge in [-0.05, 0) is 25.8 Å². The fourth-order valence-corrected chi connectivity index (χ4v) is 4.52. The van der Waals surface area contributed by atoms with Crippen LogP contribution in [0.15, 0.2) is 24.4 Å². The Morgan fingerprint density at radius 2 is 1.97 bits per heavy atom. The van der Waals surface area contributed by atoms with Gasteiger partial charge in [0.05, 0.1) is 19.6 Å². The maximum Gasteiger partial charge on any atom is 0.276 e. The Balaban J connectivity index is 1.52. The minimum atomic E-state index is -0.832. The second-order valence-electron chi connectivity index (χ2n) is 8.44. The van der Waals surface area contributed by atoms with Gasteiger partial charge in [-0.3, -0.25) is 4.79 Å². The number of methoxy groups -OCH3 is 2. The first-order valence-corrected chi connectivity index (χ1v) is 11.0. The number of anilines is 1. The molecule has 12 heteroatoms. The number of likely N-dealkylation sites (tertiary alicyclic amines) is 1. The molecule has 35 heavy (non-hydrogen) atoms. The van der Waals surface area contributed by atoms with E-state index in [-0.39, 0.29) is 51.8 Å². The number of nitrogens with two attached hydrogens (primary N) is 1. The zero-order chi connectivity index (χ0) is 24.9. The van der Waals surface area contributed by atoms with Crippen molar-refractivity contribution < 1.29 is 23.0 Å². The summed E-state index contributed by atoms with van der Waals surface area (Å²) in [6.07, 6.45) is 2.89. The molecule has 2 N–H and O–H groups in total. The third-order valence-electron chi connectivity index (χ3n) is 6.34. The van der Waals surface area contributed by atoms with E-state index in [4.69, 9.17) is 15.2 Å². The molecule has 4 aromatic rings. The number of amides is 1. The van der Waals surface area contributed by atoms with Crippen molar-refractivity contribution in [3.8, 4) is 11.5 Å². The maximum absolute atomic E-state index is 14.3. The van der Waals surface area contributed by atoms with Gasteiger partial charge in [0.15, 0.2) is 34.5 Å². The summed E-state index contributed by atoms with van der Waals surface area (Å²) in [4.78, 5) is 28.0. The summed E-state index contributed by atoms with van der Waals surface area (Å²) in [5.74, 6) is -1.13. The number of hydrogen-bond acceptors (Lipinski definition) is 8. The van der Waals surface area contributed by atoms with Crippen molar-refractivity contribution in [3.05, 3.63) is 47.5 Å². The second-order valence-corrected chi connectivity index (χ2v) is 8.44. The van der Waals surface area contributed by atoms with Crippen LogP contribution in [-0.4, -0.2) is 62.2 Å². The lowest BCUT2D eigenvalue weighted by Gasteiger charge is -2.37. The molecule has 10 nitrogen and oxygen atoms in total. The normalized spacial score (nSPS) is 18.3. The Morgan fingerprint density at radius 3 is 2.71 bits per heavy atom. The first kappa shape index (κ1) is 22.7. The first-order chi connectivity index (χ1) is 16.8. The monoisotopic (exact) mass is 483 g/mol. The van der Waals surface area contributed by atoms with E-state index in [1.807, 2.05) is 6.92 Å². The average molecular weight is 483 g/mol. The highest BCUT2D eigenvalue weighted by Crippen LogP contribution is 2.34. The number of carbonyl (C=O) groups is 1. The van der Waals surface area contributed by atoms with Gasteiger partial charge >= 0.3 is 0 Å². The van der Waals surface area contributed by atoms with E-state index in [1.54, 1.807) is 11.0 Å². The van der Waals surface area contributed by atoms with Crippen LogP contribution < -0.4 is 15.2 Å². The van der Waals surface area contributed by atoms with Gasteiger partial charge in [0.1, 0.15) is 11.3 Å². The number of nitrogens with zero attached hydrogens (tertiary/aromatic N) is 6. The molecule has 5 rings (SSSR count). The largest absolute Gasteiger partial charge is 0.493 e.